The third kappa shape index (κ3) is 8.85. The largest absolute Gasteiger partial charge is 0.330 e. The van der Waals surface area contributed by atoms with Gasteiger partial charge in [-0.05, 0) is 230 Å². The maximum atomic E-state index is 7.70. The van der Waals surface area contributed by atoms with E-state index >= 15 is 0 Å². The van der Waals surface area contributed by atoms with Crippen LogP contribution in [0.3, 0.4) is 0 Å². The second-order valence-electron chi connectivity index (χ2n) is 25.9. The van der Waals surface area contributed by atoms with Gasteiger partial charge >= 0.3 is 0 Å². The van der Waals surface area contributed by atoms with Gasteiger partial charge in [-0.2, -0.15) is 0 Å². The summed E-state index contributed by atoms with van der Waals surface area (Å²) < 4.78 is 7.98. The van der Waals surface area contributed by atoms with Crippen molar-refractivity contribution in [1.29, 1.82) is 0 Å². The van der Waals surface area contributed by atoms with Crippen LogP contribution in [0.1, 0.15) is 209 Å². The van der Waals surface area contributed by atoms with Crippen LogP contribution < -0.4 is 22.5 Å². The minimum absolute atomic E-state index is 0.230. The number of rotatable bonds is 5. The van der Waals surface area contributed by atoms with Gasteiger partial charge in [0.05, 0.1) is 45.5 Å². The second kappa shape index (κ2) is 20.4. The Morgan fingerprint density at radius 1 is 0.590 bits per heavy atom. The van der Waals surface area contributed by atoms with E-state index in [0.717, 1.165) is 82.9 Å². The third-order valence-corrected chi connectivity index (χ3v) is 20.7. The van der Waals surface area contributed by atoms with Gasteiger partial charge in [0.2, 0.25) is 0 Å². The number of allylic oxidation sites excluding steroid dienone is 5. The van der Waals surface area contributed by atoms with Crippen molar-refractivity contribution in [1.82, 2.24) is 19.0 Å². The maximum Gasteiger partial charge on any atom is 0.0538 e. The Bertz CT molecular complexity index is 3360. The Morgan fingerprint density at radius 2 is 1.27 bits per heavy atom. The summed E-state index contributed by atoms with van der Waals surface area (Å²) in [4.78, 5) is 0. The van der Waals surface area contributed by atoms with Gasteiger partial charge in [-0.3, -0.25) is 0 Å². The first-order valence-corrected chi connectivity index (χ1v) is 31.0. The number of nitrogens with one attached hydrogen (secondary N) is 1. The van der Waals surface area contributed by atoms with E-state index in [0.29, 0.717) is 42.2 Å². The lowest BCUT2D eigenvalue weighted by Crippen LogP contribution is -2.50. The standard InChI is InChI=1S/C71H85N7/c1-3-47-14-6-4-8-19-56-58-39-51-29-33-70(73,44-51)34-30-66(58)77(62(56)25-21-47)54-40-53(76-63-27-23-49(45-72)15-7-5-9-20-57(63)59-43-61-52(18-12-36-75-61)24-28-64(59)76)41-55(42-54)78-65-26-22-48-16-10-17-50(37-48)38-60(65)68-67(78)31-35-71(74)32-11-13-46(2)69(68)71/h8-9,19-28,30-31,34-35,38-42,46-49,52,61,69,75H,3-7,10-18,29,32-33,36-37,43-45,72-74H2,1-2H3/b19-8+,20-9+,25-21-,26-22-,27-23-,34-30-,50-38-,51-39-. The Balaban J connectivity index is 1.11. The maximum absolute atomic E-state index is 7.70. The molecule has 3 saturated carbocycles. The molecule has 1 aromatic carbocycles. The first-order chi connectivity index (χ1) is 38.2. The van der Waals surface area contributed by atoms with Crippen LogP contribution in [0.15, 0.2) is 78.0 Å². The molecule has 4 aromatic rings. The van der Waals surface area contributed by atoms with Gasteiger partial charge in [-0.25, -0.2) is 0 Å². The van der Waals surface area contributed by atoms with Gasteiger partial charge in [0.1, 0.15) is 0 Å². The van der Waals surface area contributed by atoms with E-state index < -0.39 is 0 Å². The molecule has 0 radical (unpaired) electrons. The highest BCUT2D eigenvalue weighted by molar-refractivity contribution is 5.85. The molecule has 0 amide bonds. The SMILES string of the molecule is CCC1/C=C\c2c(c3c(n2-c2cc(-n4c5c(c6c4/C=C\C4CCC/C(=C/6)C4)C4C(C)CCCC4(N)C=C5)cc(-n4c5c(c6c4/C=C\C(CN)CCC/C=C/6)CC4NCCCC4C=C5)c2)/C=C\C2(N)CC/C(=C/3)C2)/C=C/CCC1. The predicted octanol–water partition coefficient (Wildman–Crippen LogP) is 15.5. The molecular weight excluding hydrogens is 951 g/mol. The minimum Gasteiger partial charge on any atom is -0.330 e. The fraction of sp³-hybridized carbons (Fsp3) is 0.465. The number of piperidine rings is 1. The molecule has 7 N–H and O–H groups in total. The molecule has 3 aromatic heterocycles. The van der Waals surface area contributed by atoms with E-state index in [9.17, 15) is 0 Å². The molecule has 4 heterocycles. The van der Waals surface area contributed by atoms with E-state index in [4.69, 9.17) is 17.2 Å². The van der Waals surface area contributed by atoms with Gasteiger partial charge in [0.25, 0.3) is 0 Å². The molecule has 7 heteroatoms. The van der Waals surface area contributed by atoms with Crippen LogP contribution in [0.25, 0.3) is 77.8 Å². The third-order valence-electron chi connectivity index (χ3n) is 20.7. The highest BCUT2D eigenvalue weighted by Gasteiger charge is 2.46. The normalized spacial score (nSPS) is 34.4. The van der Waals surface area contributed by atoms with E-state index in [2.05, 4.69) is 160 Å². The molecule has 14 rings (SSSR count). The fourth-order valence-electron chi connectivity index (χ4n) is 16.5. The van der Waals surface area contributed by atoms with Crippen molar-refractivity contribution in [2.45, 2.75) is 165 Å². The summed E-state index contributed by atoms with van der Waals surface area (Å²) in [5, 5.41) is 4.01. The van der Waals surface area contributed by atoms with Crippen LogP contribution in [0.5, 0.6) is 0 Å². The highest BCUT2D eigenvalue weighted by Crippen LogP contribution is 2.53. The van der Waals surface area contributed by atoms with Crippen molar-refractivity contribution in [2.75, 3.05) is 13.1 Å². The average Bonchev–Trinajstić information content (AvgIpc) is 4.33. The summed E-state index contributed by atoms with van der Waals surface area (Å²) in [7, 11) is 0. The Labute approximate surface area is 465 Å². The van der Waals surface area contributed by atoms with Crippen LogP contribution in [-0.2, 0) is 6.42 Å². The zero-order valence-electron chi connectivity index (χ0n) is 46.8. The fourth-order valence-corrected chi connectivity index (χ4v) is 16.5. The summed E-state index contributed by atoms with van der Waals surface area (Å²) in [6.07, 6.45) is 67.2. The van der Waals surface area contributed by atoms with Crippen LogP contribution in [-0.4, -0.2) is 43.9 Å². The Hall–Kier alpha value is -5.70. The van der Waals surface area contributed by atoms with E-state index in [1.54, 1.807) is 5.57 Å². The van der Waals surface area contributed by atoms with Crippen molar-refractivity contribution >= 4 is 60.8 Å². The van der Waals surface area contributed by atoms with Crippen LogP contribution in [0, 0.1) is 29.6 Å². The van der Waals surface area contributed by atoms with E-state index in [1.807, 2.05) is 0 Å². The van der Waals surface area contributed by atoms with Gasteiger partial charge in [0, 0.05) is 51.0 Å². The topological polar surface area (TPSA) is 105 Å². The molecule has 9 atom stereocenters. The lowest BCUT2D eigenvalue weighted by atomic mass is 9.62. The van der Waals surface area contributed by atoms with Crippen molar-refractivity contribution in [3.8, 4) is 17.1 Å². The minimum atomic E-state index is -0.375. The molecule has 4 bridgehead atoms. The van der Waals surface area contributed by atoms with E-state index in [-0.39, 0.29) is 17.0 Å². The number of fused-ring (bicyclic) bond motifs is 16. The molecule has 7 nitrogen and oxygen atoms in total. The predicted molar refractivity (Wildman–Crippen MR) is 330 cm³/mol. The zero-order valence-corrected chi connectivity index (χ0v) is 46.8. The number of nitrogens with zero attached hydrogens (tertiary/aromatic N) is 3. The van der Waals surface area contributed by atoms with E-state index in [1.165, 1.54) is 142 Å². The molecule has 1 aliphatic heterocycles. The lowest BCUT2D eigenvalue weighted by molar-refractivity contribution is 0.231. The van der Waals surface area contributed by atoms with Crippen molar-refractivity contribution in [2.24, 2.45) is 46.8 Å². The lowest BCUT2D eigenvalue weighted by Gasteiger charge is -2.46. The van der Waals surface area contributed by atoms with Crippen molar-refractivity contribution < 1.29 is 0 Å². The summed E-state index contributed by atoms with van der Waals surface area (Å²) in [6.45, 7) is 6.57. The monoisotopic (exact) mass is 1040 g/mol. The quantitative estimate of drug-likeness (QED) is 0.160. The molecule has 9 aliphatic carbocycles. The molecular formula is C71H85N7. The number of hydrogen-bond donors (Lipinski definition) is 4. The molecule has 1 saturated heterocycles. The molecule has 78 heavy (non-hydrogen) atoms. The molecule has 4 fully saturated rings. The number of hydrogen-bond acceptors (Lipinski definition) is 4. The Morgan fingerprint density at radius 3 is 2.08 bits per heavy atom. The summed E-state index contributed by atoms with van der Waals surface area (Å²) in [5.74, 6) is 2.55. The summed E-state index contributed by atoms with van der Waals surface area (Å²) in [6, 6.07) is 8.04. The van der Waals surface area contributed by atoms with Crippen LogP contribution in [0.4, 0.5) is 0 Å². The molecule has 10 aliphatic rings. The molecule has 9 unspecified atom stereocenters. The van der Waals surface area contributed by atoms with Gasteiger partial charge in [-0.1, -0.05) is 104 Å². The van der Waals surface area contributed by atoms with Gasteiger partial charge < -0.3 is 36.2 Å². The zero-order chi connectivity index (χ0) is 52.7. The molecule has 0 spiro atoms. The highest BCUT2D eigenvalue weighted by atomic mass is 15.1. The number of benzene rings is 1. The smallest absolute Gasteiger partial charge is 0.0538 e. The first kappa shape index (κ1) is 50.5. The summed E-state index contributed by atoms with van der Waals surface area (Å²) >= 11 is 0. The second-order valence-corrected chi connectivity index (χ2v) is 25.9. The van der Waals surface area contributed by atoms with Crippen molar-refractivity contribution in [3.05, 3.63) is 145 Å². The van der Waals surface area contributed by atoms with Crippen LogP contribution in [0.2, 0.25) is 0 Å². The number of nitrogens with two attached hydrogens (primary N) is 3. The average molecular weight is 1040 g/mol. The van der Waals surface area contributed by atoms with Crippen LogP contribution >= 0.6 is 0 Å². The van der Waals surface area contributed by atoms with Gasteiger partial charge in [0.15, 0.2) is 0 Å². The number of aromatic nitrogens is 3. The van der Waals surface area contributed by atoms with Crippen molar-refractivity contribution in [3.63, 3.8) is 0 Å². The summed E-state index contributed by atoms with van der Waals surface area (Å²) in [5.41, 5.74) is 43.3. The molecule has 404 valence electrons. The van der Waals surface area contributed by atoms with Gasteiger partial charge in [-0.15, -0.1) is 0 Å². The first-order valence-electron chi connectivity index (χ1n) is 31.0. The Kier molecular flexibility index (Phi) is 13.2.